The van der Waals surface area contributed by atoms with Crippen LogP contribution >= 0.6 is 0 Å². The summed E-state index contributed by atoms with van der Waals surface area (Å²) in [5.74, 6) is 0. The summed E-state index contributed by atoms with van der Waals surface area (Å²) in [5, 5.41) is 5.21. The number of hydrogen-bond donors (Lipinski definition) is 0. The Bertz CT molecular complexity index is 594. The van der Waals surface area contributed by atoms with Crippen LogP contribution in [0.2, 0.25) is 21.0 Å². The summed E-state index contributed by atoms with van der Waals surface area (Å²) in [6.45, 7) is 9.45. The van der Waals surface area contributed by atoms with Crippen LogP contribution in [0.15, 0.2) is 60.7 Å². The maximum atomic E-state index is 7.68. The van der Waals surface area contributed by atoms with Gasteiger partial charge in [0.1, 0.15) is 0 Å². The molecule has 0 unspecified atom stereocenters. The van der Waals surface area contributed by atoms with Gasteiger partial charge in [-0.25, -0.2) is 0 Å². The van der Waals surface area contributed by atoms with E-state index in [9.17, 15) is 0 Å². The molecule has 2 rings (SSSR count). The fraction of sp³-hybridized carbons (Fsp3) is 0.500. The van der Waals surface area contributed by atoms with Crippen molar-refractivity contribution in [2.75, 3.05) is 0 Å². The van der Waals surface area contributed by atoms with Gasteiger partial charge >= 0.3 is 174 Å². The summed E-state index contributed by atoms with van der Waals surface area (Å²) < 4.78 is 10.7. The molecule has 0 saturated carbocycles. The van der Waals surface area contributed by atoms with E-state index in [2.05, 4.69) is 88.4 Å². The van der Waals surface area contributed by atoms with Crippen molar-refractivity contribution in [1.82, 2.24) is 0 Å². The molecule has 0 saturated heterocycles. The molecule has 0 fully saturated rings. The van der Waals surface area contributed by atoms with Crippen LogP contribution in [0.3, 0.4) is 0 Å². The van der Waals surface area contributed by atoms with Crippen molar-refractivity contribution < 1.29 is 2.79 Å². The first kappa shape index (κ1) is 22.8. The van der Waals surface area contributed by atoms with Crippen LogP contribution < -0.4 is 8.79 Å². The second-order valence-corrected chi connectivity index (χ2v) is 26.3. The average molecular weight is 488 g/mol. The van der Waals surface area contributed by atoms with Gasteiger partial charge in [0.2, 0.25) is 0 Å². The van der Waals surface area contributed by atoms with Gasteiger partial charge in [0, 0.05) is 0 Å². The van der Waals surface area contributed by atoms with Crippen molar-refractivity contribution in [3.63, 3.8) is 0 Å². The molecule has 0 aromatic heterocycles. The first-order valence-corrected chi connectivity index (χ1v) is 20.7. The van der Waals surface area contributed by atoms with Crippen LogP contribution in [-0.2, 0) is 2.79 Å². The monoisotopic (exact) mass is 490 g/mol. The third kappa shape index (κ3) is 5.74. The zero-order valence-electron chi connectivity index (χ0n) is 17.8. The van der Waals surface area contributed by atoms with E-state index in [4.69, 9.17) is 2.79 Å². The quantitative estimate of drug-likeness (QED) is 0.317. The molecule has 0 heterocycles. The van der Waals surface area contributed by atoms with Crippen molar-refractivity contribution in [3.8, 4) is 0 Å². The fourth-order valence-corrected chi connectivity index (χ4v) is 35.0. The van der Waals surface area contributed by atoms with E-state index in [1.165, 1.54) is 55.5 Å². The molecule has 0 spiro atoms. The Morgan fingerprint density at radius 2 is 1.07 bits per heavy atom. The fourth-order valence-electron chi connectivity index (χ4n) is 4.20. The maximum absolute atomic E-state index is 7.68. The van der Waals surface area contributed by atoms with Gasteiger partial charge in [0.05, 0.1) is 0 Å². The van der Waals surface area contributed by atoms with Gasteiger partial charge in [-0.1, -0.05) is 0 Å². The molecule has 0 aliphatic carbocycles. The molecule has 148 valence electrons. The predicted octanol–water partition coefficient (Wildman–Crippen LogP) is 6.35. The van der Waals surface area contributed by atoms with Crippen LogP contribution in [0.4, 0.5) is 0 Å². The summed E-state index contributed by atoms with van der Waals surface area (Å²) in [5.41, 5.74) is 0. The van der Waals surface area contributed by atoms with Gasteiger partial charge in [0.25, 0.3) is 0 Å². The Balaban J connectivity index is 2.54. The molecular weight excluding hydrogens is 449 g/mol. The van der Waals surface area contributed by atoms with E-state index in [1.807, 2.05) is 0 Å². The Hall–Kier alpha value is -0.514. The van der Waals surface area contributed by atoms with Crippen molar-refractivity contribution in [2.24, 2.45) is 0 Å². The predicted molar refractivity (Wildman–Crippen MR) is 125 cm³/mol. The van der Waals surface area contributed by atoms with E-state index in [-0.39, 0.29) is 0 Å². The van der Waals surface area contributed by atoms with Gasteiger partial charge in [-0.3, -0.25) is 0 Å². The minimum absolute atomic E-state index is 1.17. The van der Waals surface area contributed by atoms with E-state index >= 15 is 0 Å². The Morgan fingerprint density at radius 3 is 1.41 bits per heavy atom. The normalized spacial score (nSPS) is 12.3. The van der Waals surface area contributed by atoms with E-state index in [0.29, 0.717) is 0 Å². The summed E-state index contributed by atoms with van der Waals surface area (Å²) in [6, 6.07) is 22.5. The van der Waals surface area contributed by atoms with Gasteiger partial charge in [-0.15, -0.1) is 0 Å². The van der Waals surface area contributed by atoms with Crippen LogP contribution in [-0.4, -0.2) is 27.2 Å². The molecule has 0 bridgehead atoms. The van der Waals surface area contributed by atoms with Crippen molar-refractivity contribution in [1.29, 1.82) is 0 Å². The zero-order valence-corrected chi connectivity index (χ0v) is 22.0. The topological polar surface area (TPSA) is 9.23 Å². The second kappa shape index (κ2) is 11.5. The van der Waals surface area contributed by atoms with Crippen molar-refractivity contribution in [2.45, 2.75) is 74.4 Å². The number of rotatable bonds is 12. The molecule has 0 atom stereocenters. The third-order valence-electron chi connectivity index (χ3n) is 5.99. The molecule has 0 amide bonds. The standard InChI is InChI=1S/C24H38Ge2O/c1-5-9-21-25(7-3,22-10-6-2)27-26(8-4,23-17-13-11-14-18-23)24-19-15-12-16-20-24/h11-20H,5-10,21-22H2,1-4H3. The van der Waals surface area contributed by atoms with E-state index in [1.54, 1.807) is 0 Å². The van der Waals surface area contributed by atoms with Crippen LogP contribution in [0.25, 0.3) is 0 Å². The van der Waals surface area contributed by atoms with Gasteiger partial charge < -0.3 is 0 Å². The van der Waals surface area contributed by atoms with Crippen LogP contribution in [0.1, 0.15) is 53.4 Å². The molecule has 2 aromatic carbocycles. The van der Waals surface area contributed by atoms with Crippen LogP contribution in [0.5, 0.6) is 0 Å². The Labute approximate surface area is 173 Å². The van der Waals surface area contributed by atoms with E-state index < -0.39 is 27.2 Å². The van der Waals surface area contributed by atoms with Gasteiger partial charge in [-0.05, 0) is 0 Å². The first-order chi connectivity index (χ1) is 13.2. The molecule has 27 heavy (non-hydrogen) atoms. The number of hydrogen-bond acceptors (Lipinski definition) is 1. The molecule has 0 radical (unpaired) electrons. The molecule has 0 aliphatic rings. The molecular formula is C24H38Ge2O. The molecule has 3 heteroatoms. The molecule has 0 aliphatic heterocycles. The Morgan fingerprint density at radius 1 is 0.630 bits per heavy atom. The Kier molecular flexibility index (Phi) is 9.68. The summed E-state index contributed by atoms with van der Waals surface area (Å²) in [7, 11) is 0. The summed E-state index contributed by atoms with van der Waals surface area (Å²) in [4.78, 5) is 0. The summed E-state index contributed by atoms with van der Waals surface area (Å²) in [6.07, 6.45) is 5.24. The summed E-state index contributed by atoms with van der Waals surface area (Å²) >= 11 is -5.23. The van der Waals surface area contributed by atoms with E-state index in [0.717, 1.165) is 0 Å². The molecule has 1 nitrogen and oxygen atoms in total. The van der Waals surface area contributed by atoms with Crippen molar-refractivity contribution >= 4 is 36.0 Å². The van der Waals surface area contributed by atoms with Gasteiger partial charge in [-0.2, -0.15) is 0 Å². The third-order valence-corrected chi connectivity index (χ3v) is 31.6. The second-order valence-electron chi connectivity index (χ2n) is 7.76. The number of unbranched alkanes of at least 4 members (excludes halogenated alkanes) is 2. The zero-order chi connectivity index (χ0) is 19.6. The first-order valence-electron chi connectivity index (χ1n) is 11.0. The molecule has 0 N–H and O–H groups in total. The number of benzene rings is 2. The van der Waals surface area contributed by atoms with Crippen molar-refractivity contribution in [3.05, 3.63) is 60.7 Å². The van der Waals surface area contributed by atoms with Gasteiger partial charge in [0.15, 0.2) is 0 Å². The average Bonchev–Trinajstić information content (AvgIpc) is 2.75. The minimum atomic E-state index is -2.86. The molecule has 2 aromatic rings. The SMILES string of the molecule is CCC[CH2][Ge]([CH2]C)([CH2]CCC)[O][Ge]([CH2]C)([c]1ccccc1)[c]1ccccc1. The van der Waals surface area contributed by atoms with Crippen LogP contribution in [0, 0.1) is 0 Å².